The molecule has 3 rings (SSSR count). The number of nitrogens with two attached hydrogens (primary N) is 1. The third-order valence-corrected chi connectivity index (χ3v) is 4.21. The summed E-state index contributed by atoms with van der Waals surface area (Å²) in [6.07, 6.45) is 6.02. The molecule has 0 aliphatic heterocycles. The van der Waals surface area contributed by atoms with Crippen molar-refractivity contribution in [1.29, 1.82) is 0 Å². The summed E-state index contributed by atoms with van der Waals surface area (Å²) in [4.78, 5) is 11.3. The molecule has 0 atom stereocenters. The molecule has 0 unspecified atom stereocenters. The average molecular weight is 286 g/mol. The molecule has 1 aromatic heterocycles. The molecule has 5 heteroatoms. The SMILES string of the molecule is Nc1nc2ccccc2nc1N(CCO)C1CCCCC1. The van der Waals surface area contributed by atoms with Crippen molar-refractivity contribution in [2.24, 2.45) is 0 Å². The van der Waals surface area contributed by atoms with Gasteiger partial charge in [0.05, 0.1) is 17.6 Å². The highest BCUT2D eigenvalue weighted by Gasteiger charge is 2.24. The number of benzene rings is 1. The van der Waals surface area contributed by atoms with Gasteiger partial charge in [0.25, 0.3) is 0 Å². The van der Waals surface area contributed by atoms with E-state index in [1.54, 1.807) is 0 Å². The molecule has 1 saturated carbocycles. The second kappa shape index (κ2) is 6.26. The zero-order chi connectivity index (χ0) is 14.7. The molecule has 1 fully saturated rings. The highest BCUT2D eigenvalue weighted by molar-refractivity contribution is 5.79. The highest BCUT2D eigenvalue weighted by atomic mass is 16.3. The standard InChI is InChI=1S/C16H22N4O/c17-15-16(19-14-9-5-4-8-13(14)18-15)20(10-11-21)12-6-2-1-3-7-12/h4-5,8-9,12,21H,1-3,6-7,10-11H2,(H2,17,18). The maximum atomic E-state index is 9.40. The van der Waals surface area contributed by atoms with Gasteiger partial charge in [0.2, 0.25) is 0 Å². The lowest BCUT2D eigenvalue weighted by atomic mass is 9.94. The Morgan fingerprint density at radius 2 is 1.76 bits per heavy atom. The summed E-state index contributed by atoms with van der Waals surface area (Å²) >= 11 is 0. The maximum absolute atomic E-state index is 9.40. The van der Waals surface area contributed by atoms with Gasteiger partial charge in [-0.15, -0.1) is 0 Å². The summed E-state index contributed by atoms with van der Waals surface area (Å²) in [5.74, 6) is 1.17. The summed E-state index contributed by atoms with van der Waals surface area (Å²) < 4.78 is 0. The molecule has 2 aromatic rings. The summed E-state index contributed by atoms with van der Waals surface area (Å²) in [7, 11) is 0. The Bertz CT molecular complexity index is 610. The molecule has 0 spiro atoms. The molecule has 3 N–H and O–H groups in total. The predicted octanol–water partition coefficient (Wildman–Crippen LogP) is 2.34. The Morgan fingerprint density at radius 1 is 1.10 bits per heavy atom. The quantitative estimate of drug-likeness (QED) is 0.902. The molecule has 0 amide bonds. The van der Waals surface area contributed by atoms with Crippen LogP contribution < -0.4 is 10.6 Å². The van der Waals surface area contributed by atoms with Gasteiger partial charge in [-0.3, -0.25) is 0 Å². The fourth-order valence-electron chi connectivity index (χ4n) is 3.18. The number of rotatable bonds is 4. The van der Waals surface area contributed by atoms with E-state index in [2.05, 4.69) is 9.88 Å². The molecule has 0 bridgehead atoms. The molecule has 0 radical (unpaired) electrons. The first-order valence-corrected chi connectivity index (χ1v) is 7.69. The zero-order valence-electron chi connectivity index (χ0n) is 12.2. The average Bonchev–Trinajstić information content (AvgIpc) is 2.53. The first-order chi connectivity index (χ1) is 10.3. The molecular weight excluding hydrogens is 264 g/mol. The van der Waals surface area contributed by atoms with Crippen LogP contribution in [0.3, 0.4) is 0 Å². The van der Waals surface area contributed by atoms with Crippen LogP contribution in [0.5, 0.6) is 0 Å². The van der Waals surface area contributed by atoms with Gasteiger partial charge < -0.3 is 15.7 Å². The number of aromatic nitrogens is 2. The van der Waals surface area contributed by atoms with Gasteiger partial charge in [0.15, 0.2) is 11.6 Å². The largest absolute Gasteiger partial charge is 0.395 e. The van der Waals surface area contributed by atoms with E-state index >= 15 is 0 Å². The molecule has 1 aromatic carbocycles. The molecule has 5 nitrogen and oxygen atoms in total. The summed E-state index contributed by atoms with van der Waals surface area (Å²) in [6, 6.07) is 8.16. The smallest absolute Gasteiger partial charge is 0.172 e. The van der Waals surface area contributed by atoms with Crippen LogP contribution in [0.15, 0.2) is 24.3 Å². The van der Waals surface area contributed by atoms with Gasteiger partial charge in [-0.25, -0.2) is 9.97 Å². The lowest BCUT2D eigenvalue weighted by molar-refractivity contribution is 0.289. The second-order valence-corrected chi connectivity index (χ2v) is 5.63. The van der Waals surface area contributed by atoms with Crippen LogP contribution in [-0.4, -0.2) is 34.3 Å². The van der Waals surface area contributed by atoms with Crippen LogP contribution in [0.4, 0.5) is 11.6 Å². The second-order valence-electron chi connectivity index (χ2n) is 5.63. The van der Waals surface area contributed by atoms with E-state index in [9.17, 15) is 5.11 Å². The Morgan fingerprint density at radius 3 is 2.43 bits per heavy atom. The van der Waals surface area contributed by atoms with Crippen molar-refractivity contribution in [2.45, 2.75) is 38.1 Å². The van der Waals surface area contributed by atoms with Gasteiger partial charge in [-0.1, -0.05) is 31.4 Å². The lowest BCUT2D eigenvalue weighted by Crippen LogP contribution is -2.40. The molecule has 1 aliphatic carbocycles. The molecule has 21 heavy (non-hydrogen) atoms. The normalized spacial score (nSPS) is 16.2. The number of anilines is 2. The van der Waals surface area contributed by atoms with Crippen LogP contribution in [0.1, 0.15) is 32.1 Å². The van der Waals surface area contributed by atoms with Gasteiger partial charge in [0.1, 0.15) is 0 Å². The topological polar surface area (TPSA) is 75.3 Å². The van der Waals surface area contributed by atoms with E-state index in [1.165, 1.54) is 19.3 Å². The van der Waals surface area contributed by atoms with Gasteiger partial charge in [0, 0.05) is 12.6 Å². The van der Waals surface area contributed by atoms with Crippen molar-refractivity contribution >= 4 is 22.7 Å². The van der Waals surface area contributed by atoms with Crippen molar-refractivity contribution in [3.8, 4) is 0 Å². The van der Waals surface area contributed by atoms with Crippen molar-refractivity contribution in [3.63, 3.8) is 0 Å². The van der Waals surface area contributed by atoms with E-state index in [-0.39, 0.29) is 6.61 Å². The fourth-order valence-corrected chi connectivity index (χ4v) is 3.18. The molecule has 1 heterocycles. The minimum absolute atomic E-state index is 0.102. The van der Waals surface area contributed by atoms with Crippen molar-refractivity contribution < 1.29 is 5.11 Å². The summed E-state index contributed by atoms with van der Waals surface area (Å²) in [5, 5.41) is 9.40. The van der Waals surface area contributed by atoms with E-state index in [1.807, 2.05) is 24.3 Å². The number of nitrogens with zero attached hydrogens (tertiary/aromatic N) is 3. The predicted molar refractivity (Wildman–Crippen MR) is 85.3 cm³/mol. The Balaban J connectivity index is 1.99. The monoisotopic (exact) mass is 286 g/mol. The molecule has 112 valence electrons. The van der Waals surface area contributed by atoms with Crippen molar-refractivity contribution in [3.05, 3.63) is 24.3 Å². The number of aliphatic hydroxyl groups excluding tert-OH is 1. The number of hydrogen-bond acceptors (Lipinski definition) is 5. The Labute approximate surface area is 124 Å². The maximum Gasteiger partial charge on any atom is 0.172 e. The zero-order valence-corrected chi connectivity index (χ0v) is 12.2. The minimum Gasteiger partial charge on any atom is -0.395 e. The molecule has 1 aliphatic rings. The van der Waals surface area contributed by atoms with E-state index in [4.69, 9.17) is 10.7 Å². The lowest BCUT2D eigenvalue weighted by Gasteiger charge is -2.35. The fraction of sp³-hybridized carbons (Fsp3) is 0.500. The van der Waals surface area contributed by atoms with Gasteiger partial charge >= 0.3 is 0 Å². The number of aliphatic hydroxyl groups is 1. The number of fused-ring (bicyclic) bond motifs is 1. The van der Waals surface area contributed by atoms with Crippen LogP contribution >= 0.6 is 0 Å². The first-order valence-electron chi connectivity index (χ1n) is 7.69. The Hall–Kier alpha value is -1.88. The third kappa shape index (κ3) is 2.93. The van der Waals surface area contributed by atoms with Crippen LogP contribution in [0.25, 0.3) is 11.0 Å². The van der Waals surface area contributed by atoms with Gasteiger partial charge in [-0.2, -0.15) is 0 Å². The highest BCUT2D eigenvalue weighted by Crippen LogP contribution is 2.29. The van der Waals surface area contributed by atoms with Crippen LogP contribution in [0.2, 0.25) is 0 Å². The van der Waals surface area contributed by atoms with Gasteiger partial charge in [-0.05, 0) is 25.0 Å². The number of hydrogen-bond donors (Lipinski definition) is 2. The van der Waals surface area contributed by atoms with E-state index < -0.39 is 0 Å². The summed E-state index contributed by atoms with van der Waals surface area (Å²) in [5.41, 5.74) is 7.79. The Kier molecular flexibility index (Phi) is 4.20. The molecule has 0 saturated heterocycles. The summed E-state index contributed by atoms with van der Waals surface area (Å²) in [6.45, 7) is 0.659. The number of para-hydroxylation sites is 2. The van der Waals surface area contributed by atoms with Crippen molar-refractivity contribution in [2.75, 3.05) is 23.8 Å². The van der Waals surface area contributed by atoms with Crippen LogP contribution in [0, 0.1) is 0 Å². The first kappa shape index (κ1) is 14.1. The molecular formula is C16H22N4O. The minimum atomic E-state index is 0.102. The van der Waals surface area contributed by atoms with E-state index in [0.29, 0.717) is 18.4 Å². The van der Waals surface area contributed by atoms with Crippen molar-refractivity contribution in [1.82, 2.24) is 9.97 Å². The van der Waals surface area contributed by atoms with E-state index in [0.717, 1.165) is 29.7 Å². The van der Waals surface area contributed by atoms with Crippen LogP contribution in [-0.2, 0) is 0 Å². The number of nitrogen functional groups attached to an aromatic ring is 1. The third-order valence-electron chi connectivity index (χ3n) is 4.21.